The number of aromatic amines is 2. The molecular formula is C8H9N3S2. The van der Waals surface area contributed by atoms with E-state index in [-0.39, 0.29) is 0 Å². The fourth-order valence-electron chi connectivity index (χ4n) is 1.08. The average molecular weight is 211 g/mol. The zero-order chi connectivity index (χ0) is 9.26. The van der Waals surface area contributed by atoms with Crippen molar-refractivity contribution < 1.29 is 0 Å². The molecule has 0 unspecified atom stereocenters. The molecule has 68 valence electrons. The Balaban J connectivity index is 2.40. The van der Waals surface area contributed by atoms with Crippen molar-refractivity contribution >= 4 is 23.6 Å². The highest BCUT2D eigenvalue weighted by Crippen LogP contribution is 2.24. The highest BCUT2D eigenvalue weighted by atomic mass is 32.1. The third-order valence-electron chi connectivity index (χ3n) is 1.74. The monoisotopic (exact) mass is 211 g/mol. The van der Waals surface area contributed by atoms with E-state index in [9.17, 15) is 0 Å². The Morgan fingerprint density at radius 1 is 1.46 bits per heavy atom. The maximum absolute atomic E-state index is 4.87. The number of hydrogen-bond donors (Lipinski definition) is 2. The Hall–Kier alpha value is -0.940. The summed E-state index contributed by atoms with van der Waals surface area (Å²) in [6, 6.07) is 4.18. The summed E-state index contributed by atoms with van der Waals surface area (Å²) in [6.07, 6.45) is 1.07. The van der Waals surface area contributed by atoms with Gasteiger partial charge in [-0.2, -0.15) is 4.98 Å². The highest BCUT2D eigenvalue weighted by molar-refractivity contribution is 7.71. The number of aryl methyl sites for hydroxylation is 1. The van der Waals surface area contributed by atoms with Gasteiger partial charge in [-0.15, -0.1) is 11.3 Å². The molecule has 0 bridgehead atoms. The van der Waals surface area contributed by atoms with Crippen molar-refractivity contribution in [3.05, 3.63) is 21.8 Å². The minimum atomic E-state index is 0.501. The van der Waals surface area contributed by atoms with Crippen molar-refractivity contribution in [1.29, 1.82) is 0 Å². The molecule has 0 aliphatic rings. The molecule has 0 amide bonds. The van der Waals surface area contributed by atoms with Crippen LogP contribution in [0, 0.1) is 4.77 Å². The first-order valence-electron chi connectivity index (χ1n) is 4.03. The van der Waals surface area contributed by atoms with E-state index in [1.54, 1.807) is 11.3 Å². The lowest BCUT2D eigenvalue weighted by molar-refractivity contribution is 1.08. The normalized spacial score (nSPS) is 10.5. The third-order valence-corrected chi connectivity index (χ3v) is 3.17. The Bertz CT molecular complexity index is 452. The summed E-state index contributed by atoms with van der Waals surface area (Å²) >= 11 is 6.61. The van der Waals surface area contributed by atoms with Gasteiger partial charge in [0.1, 0.15) is 0 Å². The van der Waals surface area contributed by atoms with E-state index in [2.05, 4.69) is 34.2 Å². The van der Waals surface area contributed by atoms with Crippen LogP contribution in [-0.4, -0.2) is 15.2 Å². The number of nitrogens with zero attached hydrogens (tertiary/aromatic N) is 1. The molecule has 2 heterocycles. The van der Waals surface area contributed by atoms with Crippen molar-refractivity contribution in [2.75, 3.05) is 0 Å². The summed E-state index contributed by atoms with van der Waals surface area (Å²) < 4.78 is 0.501. The summed E-state index contributed by atoms with van der Waals surface area (Å²) in [5.74, 6) is 0.828. The second kappa shape index (κ2) is 3.43. The van der Waals surface area contributed by atoms with Crippen LogP contribution in [0.15, 0.2) is 12.1 Å². The van der Waals surface area contributed by atoms with Gasteiger partial charge in [-0.3, -0.25) is 10.2 Å². The fourth-order valence-corrected chi connectivity index (χ4v) is 2.12. The van der Waals surface area contributed by atoms with Crippen LogP contribution in [0.3, 0.4) is 0 Å². The lowest BCUT2D eigenvalue weighted by Crippen LogP contribution is -1.73. The van der Waals surface area contributed by atoms with E-state index in [1.165, 1.54) is 4.88 Å². The smallest absolute Gasteiger partial charge is 0.213 e. The Morgan fingerprint density at radius 3 is 2.85 bits per heavy atom. The van der Waals surface area contributed by atoms with Crippen LogP contribution in [0.2, 0.25) is 0 Å². The second-order valence-electron chi connectivity index (χ2n) is 2.64. The van der Waals surface area contributed by atoms with Gasteiger partial charge >= 0.3 is 0 Å². The van der Waals surface area contributed by atoms with Crippen LogP contribution < -0.4 is 0 Å². The van der Waals surface area contributed by atoms with Gasteiger partial charge in [-0.1, -0.05) is 6.92 Å². The first-order valence-corrected chi connectivity index (χ1v) is 5.26. The zero-order valence-corrected chi connectivity index (χ0v) is 8.76. The fraction of sp³-hybridized carbons (Fsp3) is 0.250. The SMILES string of the molecule is CCc1ccc(-c2nc(=S)[nH][nH]2)s1. The molecule has 0 saturated heterocycles. The summed E-state index contributed by atoms with van der Waals surface area (Å²) in [5.41, 5.74) is 0. The molecule has 0 fully saturated rings. The number of nitrogens with one attached hydrogen (secondary N) is 2. The number of H-pyrrole nitrogens is 2. The van der Waals surface area contributed by atoms with E-state index < -0.39 is 0 Å². The molecule has 2 aromatic rings. The molecule has 0 aliphatic heterocycles. The maximum atomic E-state index is 4.87. The van der Waals surface area contributed by atoms with Crippen LogP contribution in [0.5, 0.6) is 0 Å². The molecule has 0 aliphatic carbocycles. The van der Waals surface area contributed by atoms with Gasteiger partial charge < -0.3 is 0 Å². The Labute approximate surface area is 84.8 Å². The quantitative estimate of drug-likeness (QED) is 0.750. The van der Waals surface area contributed by atoms with E-state index >= 15 is 0 Å². The molecule has 0 spiro atoms. The van der Waals surface area contributed by atoms with Crippen LogP contribution in [-0.2, 0) is 6.42 Å². The van der Waals surface area contributed by atoms with Gasteiger partial charge in [0.05, 0.1) is 4.88 Å². The largest absolute Gasteiger partial charge is 0.281 e. The molecule has 2 rings (SSSR count). The molecule has 0 atom stereocenters. The van der Waals surface area contributed by atoms with Crippen LogP contribution in [0.25, 0.3) is 10.7 Å². The molecule has 2 N–H and O–H groups in total. The minimum Gasteiger partial charge on any atom is -0.281 e. The Kier molecular flexibility index (Phi) is 2.28. The van der Waals surface area contributed by atoms with Gasteiger partial charge in [0.2, 0.25) is 4.77 Å². The average Bonchev–Trinajstić information content (AvgIpc) is 2.71. The number of aromatic nitrogens is 3. The predicted molar refractivity (Wildman–Crippen MR) is 56.5 cm³/mol. The summed E-state index contributed by atoms with van der Waals surface area (Å²) in [4.78, 5) is 6.63. The van der Waals surface area contributed by atoms with Crippen LogP contribution in [0.4, 0.5) is 0 Å². The molecule has 0 saturated carbocycles. The predicted octanol–water partition coefficient (Wildman–Crippen LogP) is 2.76. The standard InChI is InChI=1S/C8H9N3S2/c1-2-5-3-4-6(13-5)7-9-8(12)11-10-7/h3-4H,2H2,1H3,(H2,9,10,11,12). The van der Waals surface area contributed by atoms with Crippen molar-refractivity contribution in [3.63, 3.8) is 0 Å². The minimum absolute atomic E-state index is 0.501. The lowest BCUT2D eigenvalue weighted by atomic mass is 10.3. The van der Waals surface area contributed by atoms with Gasteiger partial charge in [0.15, 0.2) is 5.82 Å². The molecule has 13 heavy (non-hydrogen) atoms. The van der Waals surface area contributed by atoms with Crippen LogP contribution >= 0.6 is 23.6 Å². The molecular weight excluding hydrogens is 202 g/mol. The van der Waals surface area contributed by atoms with E-state index in [4.69, 9.17) is 12.2 Å². The number of thiophene rings is 1. The van der Waals surface area contributed by atoms with Crippen LogP contribution in [0.1, 0.15) is 11.8 Å². The topological polar surface area (TPSA) is 44.5 Å². The van der Waals surface area contributed by atoms with Crippen molar-refractivity contribution in [1.82, 2.24) is 15.2 Å². The summed E-state index contributed by atoms with van der Waals surface area (Å²) in [7, 11) is 0. The molecule has 3 nitrogen and oxygen atoms in total. The Morgan fingerprint density at radius 2 is 2.31 bits per heavy atom. The van der Waals surface area contributed by atoms with Gasteiger partial charge in [0, 0.05) is 4.88 Å². The van der Waals surface area contributed by atoms with Crippen molar-refractivity contribution in [2.45, 2.75) is 13.3 Å². The van der Waals surface area contributed by atoms with Gasteiger partial charge in [0.25, 0.3) is 0 Å². The first-order chi connectivity index (χ1) is 6.29. The van der Waals surface area contributed by atoms with E-state index in [1.807, 2.05) is 0 Å². The number of hydrogen-bond acceptors (Lipinski definition) is 3. The second-order valence-corrected chi connectivity index (χ2v) is 4.19. The maximum Gasteiger partial charge on any atom is 0.213 e. The highest BCUT2D eigenvalue weighted by Gasteiger charge is 2.03. The zero-order valence-electron chi connectivity index (χ0n) is 7.13. The number of rotatable bonds is 2. The van der Waals surface area contributed by atoms with E-state index in [0.717, 1.165) is 17.1 Å². The van der Waals surface area contributed by atoms with Gasteiger partial charge in [-0.05, 0) is 30.8 Å². The molecule has 5 heteroatoms. The summed E-state index contributed by atoms with van der Waals surface area (Å²) in [5, 5.41) is 5.71. The molecule has 2 aromatic heterocycles. The van der Waals surface area contributed by atoms with E-state index in [0.29, 0.717) is 4.77 Å². The van der Waals surface area contributed by atoms with Gasteiger partial charge in [-0.25, -0.2) is 0 Å². The molecule has 0 radical (unpaired) electrons. The third kappa shape index (κ3) is 1.71. The molecule has 0 aromatic carbocycles. The van der Waals surface area contributed by atoms with Crippen molar-refractivity contribution in [2.24, 2.45) is 0 Å². The first kappa shape index (κ1) is 8.65. The van der Waals surface area contributed by atoms with Crippen molar-refractivity contribution in [3.8, 4) is 10.7 Å². The lowest BCUT2D eigenvalue weighted by Gasteiger charge is -1.86. The summed E-state index contributed by atoms with van der Waals surface area (Å²) in [6.45, 7) is 2.14.